The Labute approximate surface area is 107 Å². The van der Waals surface area contributed by atoms with Gasteiger partial charge in [0, 0.05) is 22.4 Å². The standard InChI is InChI=1S/C14H10O5/c1-7(15)11-8-3-4-10(16)19-13(8)14(17-2)12-9(11)5-6-18-12/h3-6H,1-2H3. The number of furan rings is 1. The van der Waals surface area contributed by atoms with E-state index in [0.717, 1.165) is 0 Å². The van der Waals surface area contributed by atoms with E-state index < -0.39 is 5.63 Å². The largest absolute Gasteiger partial charge is 0.490 e. The van der Waals surface area contributed by atoms with Gasteiger partial charge in [-0.2, -0.15) is 0 Å². The highest BCUT2D eigenvalue weighted by Crippen LogP contribution is 2.38. The first kappa shape index (κ1) is 11.5. The average molecular weight is 258 g/mol. The topological polar surface area (TPSA) is 69.7 Å². The van der Waals surface area contributed by atoms with Gasteiger partial charge in [0.15, 0.2) is 16.9 Å². The monoisotopic (exact) mass is 258 g/mol. The maximum Gasteiger partial charge on any atom is 0.336 e. The van der Waals surface area contributed by atoms with Crippen molar-refractivity contribution < 1.29 is 18.4 Å². The van der Waals surface area contributed by atoms with Gasteiger partial charge in [-0.15, -0.1) is 0 Å². The van der Waals surface area contributed by atoms with Crippen LogP contribution in [0.1, 0.15) is 17.3 Å². The van der Waals surface area contributed by atoms with Gasteiger partial charge in [-0.3, -0.25) is 4.79 Å². The van der Waals surface area contributed by atoms with Crippen LogP contribution < -0.4 is 10.4 Å². The molecule has 3 aromatic rings. The number of hydrogen-bond donors (Lipinski definition) is 0. The number of carbonyl (C=O) groups excluding carboxylic acids is 1. The number of hydrogen-bond acceptors (Lipinski definition) is 5. The van der Waals surface area contributed by atoms with Crippen molar-refractivity contribution in [2.75, 3.05) is 7.11 Å². The number of methoxy groups -OCH3 is 1. The highest BCUT2D eigenvalue weighted by molar-refractivity contribution is 6.18. The maximum absolute atomic E-state index is 11.9. The molecular weight excluding hydrogens is 248 g/mol. The minimum absolute atomic E-state index is 0.132. The fourth-order valence-corrected chi connectivity index (χ4v) is 2.28. The van der Waals surface area contributed by atoms with Crippen molar-refractivity contribution in [2.24, 2.45) is 0 Å². The Kier molecular flexibility index (Phi) is 2.41. The Morgan fingerprint density at radius 2 is 1.89 bits per heavy atom. The molecule has 0 aliphatic rings. The van der Waals surface area contributed by atoms with E-state index in [4.69, 9.17) is 13.6 Å². The molecule has 3 rings (SSSR count). The molecule has 0 fully saturated rings. The third kappa shape index (κ3) is 1.55. The molecule has 19 heavy (non-hydrogen) atoms. The van der Waals surface area contributed by atoms with Crippen LogP contribution >= 0.6 is 0 Å². The lowest BCUT2D eigenvalue weighted by Gasteiger charge is -2.08. The molecule has 0 radical (unpaired) electrons. The Morgan fingerprint density at radius 3 is 2.58 bits per heavy atom. The molecule has 0 aliphatic heterocycles. The molecule has 0 N–H and O–H groups in total. The number of carbonyl (C=O) groups is 1. The van der Waals surface area contributed by atoms with Crippen molar-refractivity contribution in [2.45, 2.75) is 6.92 Å². The molecule has 0 amide bonds. The third-order valence-electron chi connectivity index (χ3n) is 3.01. The zero-order valence-corrected chi connectivity index (χ0v) is 10.4. The van der Waals surface area contributed by atoms with Crippen LogP contribution in [0.3, 0.4) is 0 Å². The third-order valence-corrected chi connectivity index (χ3v) is 3.01. The van der Waals surface area contributed by atoms with Crippen LogP contribution in [0.4, 0.5) is 0 Å². The fourth-order valence-electron chi connectivity index (χ4n) is 2.28. The summed E-state index contributed by atoms with van der Waals surface area (Å²) in [5.74, 6) is 0.186. The number of rotatable bonds is 2. The predicted octanol–water partition coefficient (Wildman–Crippen LogP) is 2.75. The minimum Gasteiger partial charge on any atom is -0.490 e. The number of ether oxygens (including phenoxy) is 1. The van der Waals surface area contributed by atoms with Crippen molar-refractivity contribution >= 4 is 27.7 Å². The second kappa shape index (κ2) is 3.98. The fraction of sp³-hybridized carbons (Fsp3) is 0.143. The smallest absolute Gasteiger partial charge is 0.336 e. The number of fused-ring (bicyclic) bond motifs is 2. The molecular formula is C14H10O5. The van der Waals surface area contributed by atoms with E-state index in [1.807, 2.05) is 0 Å². The normalized spacial score (nSPS) is 11.1. The molecule has 0 atom stereocenters. The highest BCUT2D eigenvalue weighted by atomic mass is 16.5. The van der Waals surface area contributed by atoms with Gasteiger partial charge in [-0.05, 0) is 19.1 Å². The Morgan fingerprint density at radius 1 is 1.16 bits per heavy atom. The van der Waals surface area contributed by atoms with E-state index in [1.165, 1.54) is 26.4 Å². The van der Waals surface area contributed by atoms with E-state index in [2.05, 4.69) is 0 Å². The Balaban J connectivity index is 2.67. The zero-order chi connectivity index (χ0) is 13.6. The molecule has 0 aliphatic carbocycles. The summed E-state index contributed by atoms with van der Waals surface area (Å²) >= 11 is 0. The molecule has 0 spiro atoms. The van der Waals surface area contributed by atoms with Crippen LogP contribution in [-0.4, -0.2) is 12.9 Å². The summed E-state index contributed by atoms with van der Waals surface area (Å²) in [7, 11) is 1.46. The summed E-state index contributed by atoms with van der Waals surface area (Å²) in [6.45, 7) is 1.46. The molecule has 1 aromatic carbocycles. The molecule has 0 saturated carbocycles. The van der Waals surface area contributed by atoms with Crippen molar-refractivity contribution in [1.29, 1.82) is 0 Å². The SMILES string of the molecule is COc1c2occc2c(C(C)=O)c2ccc(=O)oc12. The first-order valence-electron chi connectivity index (χ1n) is 5.65. The van der Waals surface area contributed by atoms with E-state index in [9.17, 15) is 9.59 Å². The average Bonchev–Trinajstić information content (AvgIpc) is 2.83. The second-order valence-corrected chi connectivity index (χ2v) is 4.13. The van der Waals surface area contributed by atoms with Gasteiger partial charge in [0.25, 0.3) is 0 Å². The first-order chi connectivity index (χ1) is 9.13. The Bertz CT molecular complexity index is 853. The molecule has 5 heteroatoms. The van der Waals surface area contributed by atoms with Gasteiger partial charge in [-0.1, -0.05) is 0 Å². The van der Waals surface area contributed by atoms with Crippen molar-refractivity contribution in [3.05, 3.63) is 40.4 Å². The molecule has 0 saturated heterocycles. The molecule has 2 aromatic heterocycles. The lowest BCUT2D eigenvalue weighted by Crippen LogP contribution is -2.01. The van der Waals surface area contributed by atoms with Gasteiger partial charge in [-0.25, -0.2) is 4.79 Å². The number of ketones is 1. The van der Waals surface area contributed by atoms with Crippen LogP contribution in [0.2, 0.25) is 0 Å². The van der Waals surface area contributed by atoms with Crippen LogP contribution in [-0.2, 0) is 0 Å². The van der Waals surface area contributed by atoms with Crippen LogP contribution in [0.15, 0.2) is 38.1 Å². The van der Waals surface area contributed by atoms with Crippen molar-refractivity contribution in [3.63, 3.8) is 0 Å². The van der Waals surface area contributed by atoms with Crippen LogP contribution in [0.5, 0.6) is 5.75 Å². The van der Waals surface area contributed by atoms with Crippen molar-refractivity contribution in [3.8, 4) is 5.75 Å². The first-order valence-corrected chi connectivity index (χ1v) is 5.65. The summed E-state index contributed by atoms with van der Waals surface area (Å²) in [5.41, 5.74) is 0.576. The second-order valence-electron chi connectivity index (χ2n) is 4.13. The molecule has 5 nitrogen and oxygen atoms in total. The number of Topliss-reactive ketones (excluding diaryl/α,β-unsaturated/α-hetero) is 1. The zero-order valence-electron chi connectivity index (χ0n) is 10.4. The number of benzene rings is 1. The lowest BCUT2D eigenvalue weighted by molar-refractivity contribution is 0.102. The summed E-state index contributed by atoms with van der Waals surface area (Å²) in [6, 6.07) is 4.53. The maximum atomic E-state index is 11.9. The summed E-state index contributed by atoms with van der Waals surface area (Å²) in [5, 5.41) is 1.18. The quantitative estimate of drug-likeness (QED) is 0.522. The van der Waals surface area contributed by atoms with Crippen molar-refractivity contribution in [1.82, 2.24) is 0 Å². The van der Waals surface area contributed by atoms with Gasteiger partial charge >= 0.3 is 5.63 Å². The van der Waals surface area contributed by atoms with E-state index in [-0.39, 0.29) is 11.4 Å². The lowest BCUT2D eigenvalue weighted by atomic mass is 10.0. The van der Waals surface area contributed by atoms with Gasteiger partial charge in [0.1, 0.15) is 0 Å². The molecule has 0 bridgehead atoms. The predicted molar refractivity (Wildman–Crippen MR) is 68.8 cm³/mol. The summed E-state index contributed by atoms with van der Waals surface area (Å²) in [6.07, 6.45) is 1.47. The van der Waals surface area contributed by atoms with Crippen LogP contribution in [0, 0.1) is 0 Å². The Hall–Kier alpha value is -2.56. The molecule has 0 unspecified atom stereocenters. The highest BCUT2D eigenvalue weighted by Gasteiger charge is 2.21. The minimum atomic E-state index is -0.508. The van der Waals surface area contributed by atoms with Gasteiger partial charge in [0.2, 0.25) is 5.75 Å². The molecule has 96 valence electrons. The van der Waals surface area contributed by atoms with E-state index in [0.29, 0.717) is 27.7 Å². The molecule has 2 heterocycles. The summed E-state index contributed by atoms with van der Waals surface area (Å²) < 4.78 is 15.7. The van der Waals surface area contributed by atoms with E-state index >= 15 is 0 Å². The van der Waals surface area contributed by atoms with Gasteiger partial charge < -0.3 is 13.6 Å². The van der Waals surface area contributed by atoms with E-state index in [1.54, 1.807) is 12.1 Å². The van der Waals surface area contributed by atoms with Crippen LogP contribution in [0.25, 0.3) is 21.9 Å². The summed E-state index contributed by atoms with van der Waals surface area (Å²) in [4.78, 5) is 23.2. The van der Waals surface area contributed by atoms with Gasteiger partial charge in [0.05, 0.1) is 13.4 Å².